The molecule has 9 heteroatoms. The van der Waals surface area contributed by atoms with Crippen LogP contribution in [0.3, 0.4) is 0 Å². The Kier molecular flexibility index (Phi) is 8.06. The van der Waals surface area contributed by atoms with E-state index in [0.29, 0.717) is 35.2 Å². The normalized spacial score (nSPS) is 11.0. The van der Waals surface area contributed by atoms with E-state index in [1.165, 1.54) is 37.3 Å². The third-order valence-electron chi connectivity index (χ3n) is 6.22. The van der Waals surface area contributed by atoms with Crippen LogP contribution >= 0.6 is 0 Å². The first kappa shape index (κ1) is 26.4. The predicted octanol–water partition coefficient (Wildman–Crippen LogP) is 4.39. The van der Waals surface area contributed by atoms with Gasteiger partial charge in [-0.2, -0.15) is 0 Å². The van der Waals surface area contributed by atoms with Gasteiger partial charge in [-0.15, -0.1) is 0 Å². The molecule has 0 radical (unpaired) electrons. The molecule has 0 unspecified atom stereocenters. The van der Waals surface area contributed by atoms with Crippen LogP contribution in [0, 0.1) is 0 Å². The number of benzene rings is 3. The van der Waals surface area contributed by atoms with E-state index in [0.717, 1.165) is 25.7 Å². The molecule has 0 atom stereocenters. The van der Waals surface area contributed by atoms with E-state index in [2.05, 4.69) is 10.6 Å². The smallest absolute Gasteiger partial charge is 0.336 e. The lowest BCUT2D eigenvalue weighted by atomic mass is 9.90. The Labute approximate surface area is 218 Å². The molecule has 0 spiro atoms. The maximum Gasteiger partial charge on any atom is 0.336 e. The molecule has 4 rings (SSSR count). The minimum absolute atomic E-state index is 0.0389. The van der Waals surface area contributed by atoms with E-state index in [1.54, 1.807) is 24.3 Å². The Morgan fingerprint density at radius 1 is 0.842 bits per heavy atom. The summed E-state index contributed by atoms with van der Waals surface area (Å²) in [6, 6.07) is 13.2. The van der Waals surface area contributed by atoms with Crippen molar-refractivity contribution in [2.75, 3.05) is 13.1 Å². The second-order valence-corrected chi connectivity index (χ2v) is 9.03. The SMILES string of the molecule is CC(=O)NCCCCCCNC(=O)c1ccc(-c2c3ccc(=O)cc-3oc3cc(O)ccc23)c(C(=O)O)c1. The van der Waals surface area contributed by atoms with Crippen molar-refractivity contribution in [1.82, 2.24) is 10.6 Å². The molecular formula is C29H28N2O7. The van der Waals surface area contributed by atoms with E-state index in [-0.39, 0.29) is 45.5 Å². The number of aromatic hydroxyl groups is 1. The number of hydrogen-bond acceptors (Lipinski definition) is 6. The molecule has 2 amide bonds. The van der Waals surface area contributed by atoms with Crippen LogP contribution < -0.4 is 16.1 Å². The zero-order chi connectivity index (χ0) is 27.2. The lowest BCUT2D eigenvalue weighted by Gasteiger charge is -2.17. The topological polar surface area (TPSA) is 146 Å². The molecule has 0 fully saturated rings. The third kappa shape index (κ3) is 6.00. The number of phenolic OH excluding ortho intramolecular Hbond substituents is 1. The Balaban J connectivity index is 1.59. The Bertz CT molecular complexity index is 1540. The molecule has 38 heavy (non-hydrogen) atoms. The van der Waals surface area contributed by atoms with Crippen molar-refractivity contribution in [3.05, 3.63) is 75.9 Å². The highest BCUT2D eigenvalue weighted by molar-refractivity contribution is 6.09. The number of phenols is 1. The molecule has 0 saturated carbocycles. The summed E-state index contributed by atoms with van der Waals surface area (Å²) in [4.78, 5) is 47.9. The molecule has 9 nitrogen and oxygen atoms in total. The maximum atomic E-state index is 12.7. The van der Waals surface area contributed by atoms with Crippen LogP contribution in [0.2, 0.25) is 0 Å². The number of carbonyl (C=O) groups excluding carboxylic acids is 2. The lowest BCUT2D eigenvalue weighted by molar-refractivity contribution is -0.118. The van der Waals surface area contributed by atoms with Crippen molar-refractivity contribution < 1.29 is 29.0 Å². The summed E-state index contributed by atoms with van der Waals surface area (Å²) in [6.07, 6.45) is 3.43. The third-order valence-corrected chi connectivity index (χ3v) is 6.22. The van der Waals surface area contributed by atoms with Crippen LogP contribution in [0.1, 0.15) is 53.3 Å². The fraction of sp³-hybridized carbons (Fsp3) is 0.241. The van der Waals surface area contributed by atoms with Gasteiger partial charge in [-0.3, -0.25) is 14.4 Å². The highest BCUT2D eigenvalue weighted by Gasteiger charge is 2.23. The lowest BCUT2D eigenvalue weighted by Crippen LogP contribution is -2.25. The average Bonchev–Trinajstić information content (AvgIpc) is 2.88. The van der Waals surface area contributed by atoms with E-state index in [4.69, 9.17) is 4.42 Å². The van der Waals surface area contributed by atoms with Gasteiger partial charge in [0.2, 0.25) is 5.91 Å². The van der Waals surface area contributed by atoms with E-state index < -0.39 is 5.97 Å². The summed E-state index contributed by atoms with van der Waals surface area (Å²) < 4.78 is 5.84. The zero-order valence-corrected chi connectivity index (χ0v) is 20.9. The summed E-state index contributed by atoms with van der Waals surface area (Å²) in [6.45, 7) is 2.55. The van der Waals surface area contributed by atoms with Crippen molar-refractivity contribution in [2.45, 2.75) is 32.6 Å². The van der Waals surface area contributed by atoms with Gasteiger partial charge in [0.1, 0.15) is 17.1 Å². The number of fused-ring (bicyclic) bond motifs is 2. The van der Waals surface area contributed by atoms with Gasteiger partial charge in [-0.1, -0.05) is 18.9 Å². The van der Waals surface area contributed by atoms with Crippen LogP contribution in [0.25, 0.3) is 33.4 Å². The second-order valence-electron chi connectivity index (χ2n) is 9.03. The quantitative estimate of drug-likeness (QED) is 0.181. The molecular weight excluding hydrogens is 488 g/mol. The number of unbranched alkanes of at least 4 members (excludes halogenated alkanes) is 3. The van der Waals surface area contributed by atoms with Crippen molar-refractivity contribution in [2.24, 2.45) is 0 Å². The number of carbonyl (C=O) groups is 3. The highest BCUT2D eigenvalue weighted by atomic mass is 16.4. The van der Waals surface area contributed by atoms with Gasteiger partial charge in [0.25, 0.3) is 5.91 Å². The number of nitrogens with one attached hydrogen (secondary N) is 2. The summed E-state index contributed by atoms with van der Waals surface area (Å²) in [5.41, 5.74) is 1.54. The summed E-state index contributed by atoms with van der Waals surface area (Å²) >= 11 is 0. The molecule has 0 bridgehead atoms. The van der Waals surface area contributed by atoms with Gasteiger partial charge in [0, 0.05) is 54.2 Å². The van der Waals surface area contributed by atoms with Crippen LogP contribution in [0.15, 0.2) is 63.8 Å². The predicted molar refractivity (Wildman–Crippen MR) is 143 cm³/mol. The van der Waals surface area contributed by atoms with Gasteiger partial charge in [0.15, 0.2) is 5.43 Å². The fourth-order valence-electron chi connectivity index (χ4n) is 4.40. The molecule has 0 saturated heterocycles. The van der Waals surface area contributed by atoms with Gasteiger partial charge >= 0.3 is 5.97 Å². The van der Waals surface area contributed by atoms with Crippen molar-refractivity contribution >= 4 is 28.8 Å². The van der Waals surface area contributed by atoms with Crippen LogP contribution in [-0.2, 0) is 4.79 Å². The standard InChI is InChI=1S/C29H28N2O7/c1-17(32)30-12-4-2-3-5-13-31-28(35)18-6-9-21(24(14-18)29(36)37)27-22-10-7-19(33)15-25(22)38-26-16-20(34)8-11-23(26)27/h6-11,14-16,33H,2-5,12-13H2,1H3,(H,30,32)(H,31,35)(H,36,37). The minimum atomic E-state index is -1.21. The molecule has 1 aliphatic heterocycles. The molecule has 4 N–H and O–H groups in total. The highest BCUT2D eigenvalue weighted by Crippen LogP contribution is 2.42. The second kappa shape index (κ2) is 11.6. The largest absolute Gasteiger partial charge is 0.508 e. The van der Waals surface area contributed by atoms with Gasteiger partial charge in [-0.05, 0) is 54.8 Å². The average molecular weight is 517 g/mol. The molecule has 2 aliphatic rings. The molecule has 1 aliphatic carbocycles. The van der Waals surface area contributed by atoms with Crippen molar-refractivity contribution in [3.8, 4) is 28.2 Å². The Hall–Kier alpha value is -4.66. The Morgan fingerprint density at radius 3 is 2.26 bits per heavy atom. The van der Waals surface area contributed by atoms with Gasteiger partial charge in [-0.25, -0.2) is 4.79 Å². The van der Waals surface area contributed by atoms with E-state index in [9.17, 15) is 29.4 Å². The van der Waals surface area contributed by atoms with Gasteiger partial charge < -0.3 is 25.3 Å². The number of carboxylic acid groups (broad SMARTS) is 1. The summed E-state index contributed by atoms with van der Waals surface area (Å²) in [7, 11) is 0. The Morgan fingerprint density at radius 2 is 1.55 bits per heavy atom. The van der Waals surface area contributed by atoms with Gasteiger partial charge in [0.05, 0.1) is 5.56 Å². The number of hydrogen-bond donors (Lipinski definition) is 4. The fourth-order valence-corrected chi connectivity index (χ4v) is 4.40. The summed E-state index contributed by atoms with van der Waals surface area (Å²) in [5, 5.41) is 26.1. The number of rotatable bonds is 10. The molecule has 196 valence electrons. The van der Waals surface area contributed by atoms with E-state index >= 15 is 0 Å². The zero-order valence-electron chi connectivity index (χ0n) is 20.9. The first-order valence-corrected chi connectivity index (χ1v) is 12.3. The number of amides is 2. The van der Waals surface area contributed by atoms with Crippen LogP contribution in [0.4, 0.5) is 0 Å². The van der Waals surface area contributed by atoms with E-state index in [1.807, 2.05) is 0 Å². The van der Waals surface area contributed by atoms with Crippen molar-refractivity contribution in [3.63, 3.8) is 0 Å². The molecule has 0 aromatic heterocycles. The minimum Gasteiger partial charge on any atom is -0.508 e. The molecule has 2 aromatic carbocycles. The first-order chi connectivity index (χ1) is 18.2. The maximum absolute atomic E-state index is 12.7. The monoisotopic (exact) mass is 516 g/mol. The van der Waals surface area contributed by atoms with Crippen molar-refractivity contribution in [1.29, 1.82) is 0 Å². The van der Waals surface area contributed by atoms with Crippen LogP contribution in [0.5, 0.6) is 5.75 Å². The molecule has 1 heterocycles. The molecule has 2 aromatic rings. The number of carboxylic acids is 1. The number of aromatic carboxylic acids is 1. The summed E-state index contributed by atoms with van der Waals surface area (Å²) in [5.74, 6) is -1.43. The first-order valence-electron chi connectivity index (χ1n) is 12.3. The van der Waals surface area contributed by atoms with Crippen LogP contribution in [-0.4, -0.2) is 41.1 Å².